The fourth-order valence-electron chi connectivity index (χ4n) is 1.12. The van der Waals surface area contributed by atoms with Gasteiger partial charge in [-0.05, 0) is 25.1 Å². The topological polar surface area (TPSA) is 39.2 Å². The van der Waals surface area contributed by atoms with E-state index in [1.165, 1.54) is 0 Å². The predicted molar refractivity (Wildman–Crippen MR) is 63.9 cm³/mol. The van der Waals surface area contributed by atoms with E-state index in [-0.39, 0.29) is 16.9 Å². The number of nitrogens with zero attached hydrogens (tertiary/aromatic N) is 1. The largest absolute Gasteiger partial charge is 0.463 e. The highest BCUT2D eigenvalue weighted by Crippen LogP contribution is 2.32. The number of halogens is 4. The summed E-state index contributed by atoms with van der Waals surface area (Å²) in [6.07, 6.45) is 1.08. The normalized spacial score (nSPS) is 11.8. The molecular formula is C11H9Cl2F2NO2. The second-order valence-electron chi connectivity index (χ2n) is 3.21. The summed E-state index contributed by atoms with van der Waals surface area (Å²) >= 11 is 11.0. The van der Waals surface area contributed by atoms with E-state index >= 15 is 0 Å². The van der Waals surface area contributed by atoms with E-state index in [1.807, 2.05) is 0 Å². The second kappa shape index (κ2) is 6.11. The molecule has 7 heteroatoms. The zero-order valence-electron chi connectivity index (χ0n) is 9.29. The molecule has 1 aromatic rings. The molecule has 18 heavy (non-hydrogen) atoms. The van der Waals surface area contributed by atoms with Crippen LogP contribution >= 0.6 is 23.2 Å². The van der Waals surface area contributed by atoms with Gasteiger partial charge in [0.05, 0.1) is 6.61 Å². The molecule has 0 fully saturated rings. The van der Waals surface area contributed by atoms with Gasteiger partial charge in [0.15, 0.2) is 0 Å². The number of hydrogen-bond donors (Lipinski definition) is 0. The minimum Gasteiger partial charge on any atom is -0.463 e. The summed E-state index contributed by atoms with van der Waals surface area (Å²) in [6.45, 7) is 1.69. The number of hydrogen-bond acceptors (Lipinski definition) is 3. The summed E-state index contributed by atoms with van der Waals surface area (Å²) < 4.78 is 31.9. The van der Waals surface area contributed by atoms with Crippen LogP contribution in [0.15, 0.2) is 24.3 Å². The lowest BCUT2D eigenvalue weighted by atomic mass is 10.1. The average Bonchev–Trinajstić information content (AvgIpc) is 2.26. The first-order chi connectivity index (χ1) is 8.35. The summed E-state index contributed by atoms with van der Waals surface area (Å²) in [6, 6.07) is 1.95. The first-order valence-electron chi connectivity index (χ1n) is 4.92. The Balaban J connectivity index is 2.95. The number of carbonyl (C=O) groups excluding carboxylic acids is 1. The molecule has 0 aliphatic heterocycles. The van der Waals surface area contributed by atoms with Gasteiger partial charge in [0.1, 0.15) is 10.3 Å². The van der Waals surface area contributed by atoms with Crippen molar-refractivity contribution in [2.24, 2.45) is 0 Å². The van der Waals surface area contributed by atoms with Crippen molar-refractivity contribution in [1.29, 1.82) is 0 Å². The van der Waals surface area contributed by atoms with Crippen molar-refractivity contribution in [2.45, 2.75) is 12.8 Å². The molecule has 0 aliphatic carbocycles. The lowest BCUT2D eigenvalue weighted by molar-refractivity contribution is -0.137. The molecule has 0 aliphatic rings. The molecule has 1 rings (SSSR count). The van der Waals surface area contributed by atoms with E-state index in [0.717, 1.165) is 12.1 Å². The van der Waals surface area contributed by atoms with Crippen LogP contribution in [0.2, 0.25) is 10.3 Å². The third kappa shape index (κ3) is 4.23. The number of rotatable bonds is 4. The molecule has 0 bridgehead atoms. The Hall–Kier alpha value is -1.20. The van der Waals surface area contributed by atoms with E-state index in [9.17, 15) is 13.6 Å². The van der Waals surface area contributed by atoms with Crippen molar-refractivity contribution in [3.63, 3.8) is 0 Å². The Morgan fingerprint density at radius 2 is 2.00 bits per heavy atom. The zero-order chi connectivity index (χ0) is 13.8. The van der Waals surface area contributed by atoms with E-state index < -0.39 is 17.5 Å². The Kier molecular flexibility index (Phi) is 5.04. The molecule has 0 amide bonds. The maximum absolute atomic E-state index is 13.7. The number of allylic oxidation sites excluding steroid dienone is 1. The summed E-state index contributed by atoms with van der Waals surface area (Å²) in [4.78, 5) is 14.5. The lowest BCUT2D eigenvalue weighted by Gasteiger charge is -2.12. The Morgan fingerprint density at radius 1 is 1.44 bits per heavy atom. The maximum Gasteiger partial charge on any atom is 0.330 e. The fourth-order valence-corrected chi connectivity index (χ4v) is 1.58. The number of alkyl halides is 2. The predicted octanol–water partition coefficient (Wildman–Crippen LogP) is 3.60. The van der Waals surface area contributed by atoms with Gasteiger partial charge in [-0.2, -0.15) is 8.78 Å². The SMILES string of the molecule is CCOC(=O)/C=C/C(F)(F)c1cc(Cl)nc(Cl)c1. The van der Waals surface area contributed by atoms with Crippen molar-refractivity contribution in [3.8, 4) is 0 Å². The summed E-state index contributed by atoms with van der Waals surface area (Å²) in [5, 5.41) is -0.302. The van der Waals surface area contributed by atoms with Gasteiger partial charge >= 0.3 is 5.97 Å². The van der Waals surface area contributed by atoms with Crippen LogP contribution in [0.1, 0.15) is 12.5 Å². The van der Waals surface area contributed by atoms with E-state index in [1.54, 1.807) is 6.92 Å². The molecule has 0 unspecified atom stereocenters. The Morgan fingerprint density at radius 3 is 2.50 bits per heavy atom. The summed E-state index contributed by atoms with van der Waals surface area (Å²) in [5.74, 6) is -4.23. The monoisotopic (exact) mass is 295 g/mol. The molecule has 0 radical (unpaired) electrons. The first-order valence-corrected chi connectivity index (χ1v) is 5.68. The summed E-state index contributed by atoms with van der Waals surface area (Å²) in [5.41, 5.74) is -0.451. The van der Waals surface area contributed by atoms with E-state index in [2.05, 4.69) is 9.72 Å². The molecule has 0 aromatic carbocycles. The van der Waals surface area contributed by atoms with Gasteiger partial charge in [0.25, 0.3) is 5.92 Å². The minimum atomic E-state index is -3.39. The molecule has 0 spiro atoms. The highest BCUT2D eigenvalue weighted by Gasteiger charge is 2.29. The number of ether oxygens (including phenoxy) is 1. The average molecular weight is 296 g/mol. The molecule has 1 aromatic heterocycles. The van der Waals surface area contributed by atoms with Crippen LogP contribution in [0.3, 0.4) is 0 Å². The minimum absolute atomic E-state index is 0.113. The van der Waals surface area contributed by atoms with Gasteiger partial charge in [0, 0.05) is 11.6 Å². The van der Waals surface area contributed by atoms with Crippen LogP contribution in [0, 0.1) is 0 Å². The van der Waals surface area contributed by atoms with Gasteiger partial charge in [-0.15, -0.1) is 0 Å². The van der Waals surface area contributed by atoms with Crippen LogP contribution < -0.4 is 0 Å². The van der Waals surface area contributed by atoms with Gasteiger partial charge in [-0.3, -0.25) is 0 Å². The van der Waals surface area contributed by atoms with E-state index in [4.69, 9.17) is 23.2 Å². The smallest absolute Gasteiger partial charge is 0.330 e. The lowest BCUT2D eigenvalue weighted by Crippen LogP contribution is -2.11. The fraction of sp³-hybridized carbons (Fsp3) is 0.273. The van der Waals surface area contributed by atoms with Crippen LogP contribution in [-0.4, -0.2) is 17.6 Å². The second-order valence-corrected chi connectivity index (χ2v) is 3.98. The van der Waals surface area contributed by atoms with Gasteiger partial charge in [-0.1, -0.05) is 23.2 Å². The Labute approximate surface area is 112 Å². The zero-order valence-corrected chi connectivity index (χ0v) is 10.8. The molecule has 0 N–H and O–H groups in total. The van der Waals surface area contributed by atoms with Crippen LogP contribution in [0.25, 0.3) is 0 Å². The maximum atomic E-state index is 13.7. The highest BCUT2D eigenvalue weighted by molar-refractivity contribution is 6.32. The number of pyridine rings is 1. The molecule has 3 nitrogen and oxygen atoms in total. The quantitative estimate of drug-likeness (QED) is 0.484. The summed E-state index contributed by atoms with van der Waals surface area (Å²) in [7, 11) is 0. The molecule has 98 valence electrons. The molecule has 0 atom stereocenters. The Bertz CT molecular complexity index is 458. The number of carbonyl (C=O) groups is 1. The molecule has 0 saturated heterocycles. The number of esters is 1. The molecule has 1 heterocycles. The van der Waals surface area contributed by atoms with Crippen molar-refractivity contribution in [1.82, 2.24) is 4.98 Å². The standard InChI is InChI=1S/C11H9Cl2F2NO2/c1-2-18-10(17)3-4-11(14,15)7-5-8(12)16-9(13)6-7/h3-6H,2H2,1H3/b4-3+. The highest BCUT2D eigenvalue weighted by atomic mass is 35.5. The van der Waals surface area contributed by atoms with Crippen molar-refractivity contribution >= 4 is 29.2 Å². The van der Waals surface area contributed by atoms with Crippen molar-refractivity contribution < 1.29 is 18.3 Å². The first kappa shape index (κ1) is 14.9. The van der Waals surface area contributed by atoms with E-state index in [0.29, 0.717) is 12.2 Å². The third-order valence-corrected chi connectivity index (χ3v) is 2.25. The van der Waals surface area contributed by atoms with Crippen molar-refractivity contribution in [3.05, 3.63) is 40.2 Å². The number of aromatic nitrogens is 1. The van der Waals surface area contributed by atoms with Gasteiger partial charge < -0.3 is 4.74 Å². The molecular weight excluding hydrogens is 287 g/mol. The van der Waals surface area contributed by atoms with Gasteiger partial charge in [0.2, 0.25) is 0 Å². The van der Waals surface area contributed by atoms with Gasteiger partial charge in [-0.25, -0.2) is 9.78 Å². The van der Waals surface area contributed by atoms with Crippen LogP contribution in [-0.2, 0) is 15.5 Å². The molecule has 0 saturated carbocycles. The third-order valence-electron chi connectivity index (χ3n) is 1.86. The van der Waals surface area contributed by atoms with Crippen molar-refractivity contribution in [2.75, 3.05) is 6.61 Å². The van der Waals surface area contributed by atoms with Crippen LogP contribution in [0.5, 0.6) is 0 Å². The van der Waals surface area contributed by atoms with Crippen LogP contribution in [0.4, 0.5) is 8.78 Å².